The first kappa shape index (κ1) is 14.0. The molecular weight excluding hydrogens is 263 g/mol. The van der Waals surface area contributed by atoms with Crippen molar-refractivity contribution in [3.05, 3.63) is 70.5 Å². The summed E-state index contributed by atoms with van der Waals surface area (Å²) in [7, 11) is 0. The molecule has 2 rings (SSSR count). The molecule has 3 heteroatoms. The molecule has 0 aromatic heterocycles. The molecular formula is C16H16ClFO. The third-order valence-corrected chi connectivity index (χ3v) is 3.59. The maximum atomic E-state index is 13.4. The van der Waals surface area contributed by atoms with E-state index in [9.17, 15) is 9.50 Å². The molecule has 0 saturated heterocycles. The van der Waals surface area contributed by atoms with Crippen LogP contribution in [-0.4, -0.2) is 11.7 Å². The second kappa shape index (κ2) is 6.69. The molecule has 1 atom stereocenters. The molecule has 2 aromatic rings. The van der Waals surface area contributed by atoms with Crippen molar-refractivity contribution >= 4 is 11.6 Å². The highest BCUT2D eigenvalue weighted by Gasteiger charge is 2.13. The van der Waals surface area contributed by atoms with E-state index < -0.39 is 5.82 Å². The van der Waals surface area contributed by atoms with Crippen molar-refractivity contribution in [2.45, 2.75) is 12.8 Å². The van der Waals surface area contributed by atoms with Crippen LogP contribution in [-0.2, 0) is 12.8 Å². The quantitative estimate of drug-likeness (QED) is 0.880. The standard InChI is InChI=1S/C16H16ClFO/c17-16-14(7-4-8-15(16)18)10-13(11-19)9-12-5-2-1-3-6-12/h1-8,13,19H,9-11H2. The summed E-state index contributed by atoms with van der Waals surface area (Å²) in [5, 5.41) is 9.63. The Balaban J connectivity index is 2.09. The van der Waals surface area contributed by atoms with E-state index in [1.165, 1.54) is 6.07 Å². The maximum absolute atomic E-state index is 13.4. The van der Waals surface area contributed by atoms with Gasteiger partial charge in [-0.3, -0.25) is 0 Å². The van der Waals surface area contributed by atoms with Gasteiger partial charge in [0.1, 0.15) is 5.82 Å². The van der Waals surface area contributed by atoms with E-state index in [2.05, 4.69) is 0 Å². The number of rotatable bonds is 5. The van der Waals surface area contributed by atoms with Gasteiger partial charge in [-0.2, -0.15) is 0 Å². The van der Waals surface area contributed by atoms with Gasteiger partial charge in [-0.25, -0.2) is 4.39 Å². The zero-order valence-corrected chi connectivity index (χ0v) is 11.3. The van der Waals surface area contributed by atoms with Gasteiger partial charge in [-0.15, -0.1) is 0 Å². The molecule has 0 saturated carbocycles. The van der Waals surface area contributed by atoms with Crippen molar-refractivity contribution in [2.24, 2.45) is 5.92 Å². The molecule has 0 heterocycles. The number of hydrogen-bond acceptors (Lipinski definition) is 1. The van der Waals surface area contributed by atoms with Crippen molar-refractivity contribution in [1.29, 1.82) is 0 Å². The maximum Gasteiger partial charge on any atom is 0.142 e. The second-order valence-electron chi connectivity index (χ2n) is 4.66. The first-order chi connectivity index (χ1) is 9.20. The predicted octanol–water partition coefficient (Wildman–Crippen LogP) is 3.87. The van der Waals surface area contributed by atoms with Crippen LogP contribution in [0.3, 0.4) is 0 Å². The van der Waals surface area contributed by atoms with Gasteiger partial charge in [0, 0.05) is 6.61 Å². The topological polar surface area (TPSA) is 20.2 Å². The van der Waals surface area contributed by atoms with E-state index in [4.69, 9.17) is 11.6 Å². The summed E-state index contributed by atoms with van der Waals surface area (Å²) in [6.07, 6.45) is 1.33. The Hall–Kier alpha value is -1.38. The minimum Gasteiger partial charge on any atom is -0.396 e. The van der Waals surface area contributed by atoms with Gasteiger partial charge in [0.2, 0.25) is 0 Å². The van der Waals surface area contributed by atoms with Crippen LogP contribution in [0.25, 0.3) is 0 Å². The Morgan fingerprint density at radius 3 is 2.42 bits per heavy atom. The first-order valence-electron chi connectivity index (χ1n) is 6.28. The van der Waals surface area contributed by atoms with Gasteiger partial charge in [-0.05, 0) is 36.0 Å². The highest BCUT2D eigenvalue weighted by Crippen LogP contribution is 2.23. The lowest BCUT2D eigenvalue weighted by Crippen LogP contribution is -2.13. The largest absolute Gasteiger partial charge is 0.396 e. The molecule has 0 aliphatic heterocycles. The van der Waals surface area contributed by atoms with Gasteiger partial charge in [0.25, 0.3) is 0 Å². The van der Waals surface area contributed by atoms with Crippen LogP contribution < -0.4 is 0 Å². The van der Waals surface area contributed by atoms with E-state index in [1.54, 1.807) is 12.1 Å². The monoisotopic (exact) mass is 278 g/mol. The zero-order valence-electron chi connectivity index (χ0n) is 10.5. The summed E-state index contributed by atoms with van der Waals surface area (Å²) < 4.78 is 13.4. The summed E-state index contributed by atoms with van der Waals surface area (Å²) in [4.78, 5) is 0. The third-order valence-electron chi connectivity index (χ3n) is 3.17. The summed E-state index contributed by atoms with van der Waals surface area (Å²) >= 11 is 5.94. The molecule has 0 fully saturated rings. The van der Waals surface area contributed by atoms with E-state index in [0.717, 1.165) is 17.5 Å². The Morgan fingerprint density at radius 2 is 1.74 bits per heavy atom. The fourth-order valence-electron chi connectivity index (χ4n) is 2.17. The van der Waals surface area contributed by atoms with Crippen molar-refractivity contribution in [3.63, 3.8) is 0 Å². The SMILES string of the molecule is OCC(Cc1ccccc1)Cc1cccc(F)c1Cl. The zero-order chi connectivity index (χ0) is 13.7. The smallest absolute Gasteiger partial charge is 0.142 e. The van der Waals surface area contributed by atoms with Gasteiger partial charge >= 0.3 is 0 Å². The Labute approximate surface area is 117 Å². The van der Waals surface area contributed by atoms with Crippen molar-refractivity contribution in [1.82, 2.24) is 0 Å². The Morgan fingerprint density at radius 1 is 1.00 bits per heavy atom. The molecule has 100 valence electrons. The van der Waals surface area contributed by atoms with Crippen LogP contribution >= 0.6 is 11.6 Å². The lowest BCUT2D eigenvalue weighted by Gasteiger charge is -2.15. The summed E-state index contributed by atoms with van der Waals surface area (Å²) in [5.41, 5.74) is 1.91. The van der Waals surface area contributed by atoms with E-state index >= 15 is 0 Å². The normalized spacial score (nSPS) is 12.4. The van der Waals surface area contributed by atoms with Crippen molar-refractivity contribution in [2.75, 3.05) is 6.61 Å². The number of benzene rings is 2. The van der Waals surface area contributed by atoms with Crippen LogP contribution in [0.4, 0.5) is 4.39 Å². The molecule has 1 nitrogen and oxygen atoms in total. The van der Waals surface area contributed by atoms with E-state index in [-0.39, 0.29) is 17.5 Å². The lowest BCUT2D eigenvalue weighted by atomic mass is 9.93. The number of halogens is 2. The predicted molar refractivity (Wildman–Crippen MR) is 75.8 cm³/mol. The first-order valence-corrected chi connectivity index (χ1v) is 6.66. The minimum atomic E-state index is -0.407. The molecule has 0 radical (unpaired) electrons. The third kappa shape index (κ3) is 3.79. The molecule has 19 heavy (non-hydrogen) atoms. The average Bonchev–Trinajstić information content (AvgIpc) is 2.44. The number of aliphatic hydroxyl groups is 1. The molecule has 0 bridgehead atoms. The molecule has 1 unspecified atom stereocenters. The van der Waals surface area contributed by atoms with E-state index in [1.807, 2.05) is 30.3 Å². The fourth-order valence-corrected chi connectivity index (χ4v) is 2.37. The van der Waals surface area contributed by atoms with Crippen molar-refractivity contribution in [3.8, 4) is 0 Å². The highest BCUT2D eigenvalue weighted by molar-refractivity contribution is 6.31. The Kier molecular flexibility index (Phi) is 4.94. The summed E-state index contributed by atoms with van der Waals surface area (Å²) in [5.74, 6) is -0.364. The molecule has 0 amide bonds. The molecule has 1 N–H and O–H groups in total. The van der Waals surface area contributed by atoms with Crippen LogP contribution in [0.1, 0.15) is 11.1 Å². The highest BCUT2D eigenvalue weighted by atomic mass is 35.5. The van der Waals surface area contributed by atoms with Crippen LogP contribution in [0, 0.1) is 11.7 Å². The molecule has 0 aliphatic carbocycles. The Bertz CT molecular complexity index is 528. The fraction of sp³-hybridized carbons (Fsp3) is 0.250. The molecule has 2 aromatic carbocycles. The summed E-state index contributed by atoms with van der Waals surface area (Å²) in [6.45, 7) is 0.0573. The van der Waals surface area contributed by atoms with Crippen LogP contribution in [0.2, 0.25) is 5.02 Å². The molecule has 0 aliphatic rings. The van der Waals surface area contributed by atoms with Crippen molar-refractivity contribution < 1.29 is 9.50 Å². The lowest BCUT2D eigenvalue weighted by molar-refractivity contribution is 0.225. The van der Waals surface area contributed by atoms with Gasteiger partial charge < -0.3 is 5.11 Å². The number of hydrogen-bond donors (Lipinski definition) is 1. The second-order valence-corrected chi connectivity index (χ2v) is 5.03. The van der Waals surface area contributed by atoms with Crippen LogP contribution in [0.5, 0.6) is 0 Å². The number of aliphatic hydroxyl groups excluding tert-OH is 1. The minimum absolute atomic E-state index is 0.0432. The van der Waals surface area contributed by atoms with Gasteiger partial charge in [0.05, 0.1) is 5.02 Å². The average molecular weight is 279 g/mol. The molecule has 0 spiro atoms. The van der Waals surface area contributed by atoms with Crippen LogP contribution in [0.15, 0.2) is 48.5 Å². The van der Waals surface area contributed by atoms with Gasteiger partial charge in [-0.1, -0.05) is 54.1 Å². The van der Waals surface area contributed by atoms with E-state index in [0.29, 0.717) is 6.42 Å². The summed E-state index contributed by atoms with van der Waals surface area (Å²) in [6, 6.07) is 14.7. The van der Waals surface area contributed by atoms with Gasteiger partial charge in [0.15, 0.2) is 0 Å².